The van der Waals surface area contributed by atoms with Crippen LogP contribution in [0.25, 0.3) is 38.8 Å². The third-order valence-electron chi connectivity index (χ3n) is 7.24. The number of pyridine rings is 1. The number of hydrogen-bond donors (Lipinski definition) is 1. The predicted molar refractivity (Wildman–Crippen MR) is 139 cm³/mol. The van der Waals surface area contributed by atoms with Crippen LogP contribution in [0.5, 0.6) is 0 Å². The van der Waals surface area contributed by atoms with Gasteiger partial charge in [0.05, 0.1) is 24.9 Å². The molecule has 7 nitrogen and oxygen atoms in total. The molecule has 3 aromatic heterocycles. The molecule has 0 saturated carbocycles. The Bertz CT molecular complexity index is 1590. The molecule has 0 atom stereocenters. The number of aromatic nitrogens is 4. The molecule has 1 aliphatic heterocycles. The lowest BCUT2D eigenvalue weighted by Gasteiger charge is -2.14. The van der Waals surface area contributed by atoms with Gasteiger partial charge in [-0.25, -0.2) is 0 Å². The van der Waals surface area contributed by atoms with Gasteiger partial charge in [0.1, 0.15) is 0 Å². The van der Waals surface area contributed by atoms with E-state index in [-0.39, 0.29) is 12.2 Å². The number of fused-ring (bicyclic) bond motifs is 2. The Morgan fingerprint density at radius 3 is 2.54 bits per heavy atom. The van der Waals surface area contributed by atoms with Gasteiger partial charge in [0.15, 0.2) is 0 Å². The number of nitrogens with zero attached hydrogens (tertiary/aromatic N) is 5. The Morgan fingerprint density at radius 1 is 0.914 bits per heavy atom. The zero-order valence-corrected chi connectivity index (χ0v) is 19.9. The number of aryl methyl sites for hydroxylation is 1. The van der Waals surface area contributed by atoms with Crippen molar-refractivity contribution in [3.63, 3.8) is 0 Å². The first-order valence-corrected chi connectivity index (χ1v) is 12.2. The van der Waals surface area contributed by atoms with Gasteiger partial charge in [-0.15, -0.1) is 0 Å². The van der Waals surface area contributed by atoms with E-state index in [1.165, 1.54) is 25.9 Å². The summed E-state index contributed by atoms with van der Waals surface area (Å²) in [6, 6.07) is 17.7. The van der Waals surface area contributed by atoms with Crippen molar-refractivity contribution in [1.82, 2.24) is 23.8 Å². The van der Waals surface area contributed by atoms with Crippen molar-refractivity contribution in [2.24, 2.45) is 7.05 Å². The Labute approximate surface area is 203 Å². The summed E-state index contributed by atoms with van der Waals surface area (Å²) in [7, 11) is 2.00. The summed E-state index contributed by atoms with van der Waals surface area (Å²) in [5.74, 6) is 0. The van der Waals surface area contributed by atoms with Crippen molar-refractivity contribution in [3.05, 3.63) is 82.9 Å². The van der Waals surface area contributed by atoms with E-state index in [0.29, 0.717) is 0 Å². The molecule has 35 heavy (non-hydrogen) atoms. The van der Waals surface area contributed by atoms with Crippen LogP contribution >= 0.6 is 0 Å². The molecule has 1 aliphatic rings. The van der Waals surface area contributed by atoms with E-state index in [1.807, 2.05) is 55.8 Å². The van der Waals surface area contributed by atoms with Crippen LogP contribution < -0.4 is 5.56 Å². The molecule has 4 heterocycles. The molecule has 1 N–H and O–H groups in total. The molecule has 6 rings (SSSR count). The highest BCUT2D eigenvalue weighted by Gasteiger charge is 2.13. The number of likely N-dealkylation sites (tertiary alicyclic amines) is 1. The third-order valence-corrected chi connectivity index (χ3v) is 7.24. The quantitative estimate of drug-likeness (QED) is 0.411. The van der Waals surface area contributed by atoms with E-state index < -0.39 is 0 Å². The van der Waals surface area contributed by atoms with E-state index >= 15 is 0 Å². The highest BCUT2D eigenvalue weighted by atomic mass is 16.3. The van der Waals surface area contributed by atoms with Crippen LogP contribution in [0, 0.1) is 0 Å². The molecule has 178 valence electrons. The maximum Gasteiger partial charge on any atom is 0.255 e. The van der Waals surface area contributed by atoms with Crippen molar-refractivity contribution in [2.75, 3.05) is 19.6 Å². The molecule has 1 fully saturated rings. The molecule has 0 aliphatic carbocycles. The van der Waals surface area contributed by atoms with Crippen LogP contribution in [-0.2, 0) is 20.2 Å². The number of benzene rings is 2. The summed E-state index contributed by atoms with van der Waals surface area (Å²) < 4.78 is 5.82. The lowest BCUT2D eigenvalue weighted by Crippen LogP contribution is -2.24. The molecule has 0 spiro atoms. The molecule has 0 radical (unpaired) electrons. The van der Waals surface area contributed by atoms with Crippen molar-refractivity contribution in [1.29, 1.82) is 0 Å². The topological polar surface area (TPSA) is 68.2 Å². The molecular formula is C28H29N5O2. The standard InChI is InChI=1S/C28H29N5O2/c1-30-25-6-4-20(19-34)14-22(25)16-27(30)21-8-11-32(28(35)17-21)24-5-7-26-23(15-24)18-29-33(26)13-12-31-9-2-3-10-31/h4-8,11,14-18,34H,2-3,9-10,12-13,19H2,1H3. The maximum atomic E-state index is 13.1. The van der Waals surface area contributed by atoms with Crippen LogP contribution in [0.15, 0.2) is 71.8 Å². The number of hydrogen-bond acceptors (Lipinski definition) is 4. The van der Waals surface area contributed by atoms with Gasteiger partial charge >= 0.3 is 0 Å². The summed E-state index contributed by atoms with van der Waals surface area (Å²) in [4.78, 5) is 15.6. The SMILES string of the molecule is Cn1c(-c2ccn(-c3ccc4c(cnn4CCN4CCCC4)c3)c(=O)c2)cc2cc(CO)ccc21. The maximum absolute atomic E-state index is 13.1. The molecule has 0 unspecified atom stereocenters. The Hall–Kier alpha value is -3.68. The summed E-state index contributed by atoms with van der Waals surface area (Å²) in [6.07, 6.45) is 6.32. The van der Waals surface area contributed by atoms with Crippen LogP contribution in [-0.4, -0.2) is 48.6 Å². The minimum Gasteiger partial charge on any atom is -0.392 e. The highest BCUT2D eigenvalue weighted by Crippen LogP contribution is 2.28. The number of aliphatic hydroxyl groups excluding tert-OH is 1. The van der Waals surface area contributed by atoms with Gasteiger partial charge in [0.25, 0.3) is 5.56 Å². The third kappa shape index (κ3) is 3.96. The second kappa shape index (κ2) is 8.83. The van der Waals surface area contributed by atoms with Crippen molar-refractivity contribution in [2.45, 2.75) is 26.0 Å². The normalized spacial score (nSPS) is 14.5. The zero-order chi connectivity index (χ0) is 23.9. The van der Waals surface area contributed by atoms with Crippen molar-refractivity contribution < 1.29 is 5.11 Å². The minimum atomic E-state index is -0.0791. The lowest BCUT2D eigenvalue weighted by molar-refractivity contribution is 0.282. The van der Waals surface area contributed by atoms with E-state index in [9.17, 15) is 9.90 Å². The van der Waals surface area contributed by atoms with Gasteiger partial charge in [-0.2, -0.15) is 5.10 Å². The smallest absolute Gasteiger partial charge is 0.255 e. The first kappa shape index (κ1) is 21.8. The molecule has 2 aromatic carbocycles. The van der Waals surface area contributed by atoms with Gasteiger partial charge in [-0.05, 0) is 74.0 Å². The second-order valence-electron chi connectivity index (χ2n) is 9.42. The molecular weight excluding hydrogens is 438 g/mol. The second-order valence-corrected chi connectivity index (χ2v) is 9.42. The van der Waals surface area contributed by atoms with Crippen LogP contribution in [0.3, 0.4) is 0 Å². The molecule has 1 saturated heterocycles. The number of rotatable bonds is 6. The Balaban J connectivity index is 1.29. The zero-order valence-electron chi connectivity index (χ0n) is 19.9. The van der Waals surface area contributed by atoms with Crippen LogP contribution in [0.4, 0.5) is 0 Å². The van der Waals surface area contributed by atoms with E-state index in [4.69, 9.17) is 0 Å². The fourth-order valence-corrected chi connectivity index (χ4v) is 5.27. The van der Waals surface area contributed by atoms with Gasteiger partial charge in [0, 0.05) is 59.1 Å². The summed E-state index contributed by atoms with van der Waals surface area (Å²) in [5, 5.41) is 16.1. The van der Waals surface area contributed by atoms with E-state index in [0.717, 1.165) is 57.4 Å². The van der Waals surface area contributed by atoms with E-state index in [2.05, 4.69) is 31.4 Å². The fourth-order valence-electron chi connectivity index (χ4n) is 5.27. The summed E-state index contributed by atoms with van der Waals surface area (Å²) in [6.45, 7) is 4.28. The van der Waals surface area contributed by atoms with Crippen molar-refractivity contribution >= 4 is 21.8 Å². The van der Waals surface area contributed by atoms with Crippen LogP contribution in [0.1, 0.15) is 18.4 Å². The highest BCUT2D eigenvalue weighted by molar-refractivity contribution is 5.87. The summed E-state index contributed by atoms with van der Waals surface area (Å²) >= 11 is 0. The molecule has 0 amide bonds. The average Bonchev–Trinajstić information content (AvgIpc) is 3.61. The van der Waals surface area contributed by atoms with Crippen molar-refractivity contribution in [3.8, 4) is 16.9 Å². The summed E-state index contributed by atoms with van der Waals surface area (Å²) in [5.41, 5.74) is 5.62. The lowest BCUT2D eigenvalue weighted by atomic mass is 10.1. The number of aliphatic hydroxyl groups is 1. The molecule has 5 aromatic rings. The largest absolute Gasteiger partial charge is 0.392 e. The van der Waals surface area contributed by atoms with Gasteiger partial charge in [0.2, 0.25) is 0 Å². The van der Waals surface area contributed by atoms with Gasteiger partial charge in [-0.3, -0.25) is 14.0 Å². The monoisotopic (exact) mass is 467 g/mol. The van der Waals surface area contributed by atoms with Gasteiger partial charge in [-0.1, -0.05) is 6.07 Å². The predicted octanol–water partition coefficient (Wildman–Crippen LogP) is 3.93. The Morgan fingerprint density at radius 2 is 1.74 bits per heavy atom. The molecule has 7 heteroatoms. The first-order chi connectivity index (χ1) is 17.1. The van der Waals surface area contributed by atoms with Crippen LogP contribution in [0.2, 0.25) is 0 Å². The molecule has 0 bridgehead atoms. The Kier molecular flexibility index (Phi) is 5.51. The average molecular weight is 468 g/mol. The van der Waals surface area contributed by atoms with E-state index in [1.54, 1.807) is 10.6 Å². The van der Waals surface area contributed by atoms with Gasteiger partial charge < -0.3 is 14.6 Å². The fraction of sp³-hybridized carbons (Fsp3) is 0.286. The minimum absolute atomic E-state index is 0.0118. The first-order valence-electron chi connectivity index (χ1n) is 12.2.